The van der Waals surface area contributed by atoms with E-state index in [2.05, 4.69) is 21.4 Å². The molecule has 1 aromatic rings. The Hall–Kier alpha value is -1.54. The topological polar surface area (TPSA) is 56.9 Å². The fourth-order valence-corrected chi connectivity index (χ4v) is 1.79. The Labute approximate surface area is 96.7 Å². The summed E-state index contributed by atoms with van der Waals surface area (Å²) in [5, 5.41) is 16.1. The summed E-state index contributed by atoms with van der Waals surface area (Å²) in [5.74, 6) is 1.04. The molecule has 1 aromatic heterocycles. The molecule has 88 valence electrons. The number of aromatic nitrogens is 2. The van der Waals surface area contributed by atoms with E-state index in [1.54, 1.807) is 0 Å². The van der Waals surface area contributed by atoms with Gasteiger partial charge in [0.1, 0.15) is 5.82 Å². The molecule has 0 fully saturated rings. The first kappa shape index (κ1) is 12.5. The first-order valence-corrected chi connectivity index (χ1v) is 5.35. The molecule has 0 spiro atoms. The molecule has 0 unspecified atom stereocenters. The summed E-state index contributed by atoms with van der Waals surface area (Å²) in [4.78, 5) is 2.13. The Morgan fingerprint density at radius 1 is 1.56 bits per heavy atom. The molecule has 1 heterocycles. The second kappa shape index (κ2) is 5.52. The standard InChI is InChI=1S/C11H19N5/c1-9-10(8-15(3)7-5-6-12)11(13-2)16(4)14-9/h13H,5,7-8H2,1-4H3. The van der Waals surface area contributed by atoms with E-state index in [-0.39, 0.29) is 0 Å². The van der Waals surface area contributed by atoms with E-state index in [1.165, 1.54) is 5.56 Å². The van der Waals surface area contributed by atoms with Crippen molar-refractivity contribution in [3.05, 3.63) is 11.3 Å². The molecule has 0 amide bonds. The minimum Gasteiger partial charge on any atom is -0.373 e. The van der Waals surface area contributed by atoms with Crippen molar-refractivity contribution >= 4 is 5.82 Å². The van der Waals surface area contributed by atoms with Gasteiger partial charge in [-0.05, 0) is 14.0 Å². The minimum absolute atomic E-state index is 0.560. The molecule has 5 heteroatoms. The molecule has 0 aliphatic rings. The van der Waals surface area contributed by atoms with Crippen LogP contribution in [0.4, 0.5) is 5.82 Å². The van der Waals surface area contributed by atoms with Crippen LogP contribution in [0.1, 0.15) is 17.7 Å². The van der Waals surface area contributed by atoms with E-state index in [0.717, 1.165) is 24.6 Å². The van der Waals surface area contributed by atoms with Crippen molar-refractivity contribution in [2.24, 2.45) is 7.05 Å². The molecule has 0 atom stereocenters. The van der Waals surface area contributed by atoms with Gasteiger partial charge in [0.05, 0.1) is 11.8 Å². The summed E-state index contributed by atoms with van der Waals surface area (Å²) in [6.07, 6.45) is 0.560. The summed E-state index contributed by atoms with van der Waals surface area (Å²) in [5.41, 5.74) is 2.24. The SMILES string of the molecule is CNc1c(CN(C)CCC#N)c(C)nn1C. The summed E-state index contributed by atoms with van der Waals surface area (Å²) in [7, 11) is 5.84. The predicted molar refractivity (Wildman–Crippen MR) is 64.1 cm³/mol. The molecule has 0 radical (unpaired) electrons. The molecule has 1 N–H and O–H groups in total. The number of hydrogen-bond acceptors (Lipinski definition) is 4. The average Bonchev–Trinajstić information content (AvgIpc) is 2.50. The summed E-state index contributed by atoms with van der Waals surface area (Å²) in [6, 6.07) is 2.15. The van der Waals surface area contributed by atoms with Crippen LogP contribution in [0.2, 0.25) is 0 Å². The quantitative estimate of drug-likeness (QED) is 0.809. The third kappa shape index (κ3) is 2.74. The lowest BCUT2D eigenvalue weighted by atomic mass is 10.2. The van der Waals surface area contributed by atoms with E-state index < -0.39 is 0 Å². The van der Waals surface area contributed by atoms with E-state index >= 15 is 0 Å². The molecule has 0 saturated heterocycles. The van der Waals surface area contributed by atoms with E-state index in [1.807, 2.05) is 32.7 Å². The highest BCUT2D eigenvalue weighted by atomic mass is 15.3. The second-order valence-electron chi connectivity index (χ2n) is 3.93. The van der Waals surface area contributed by atoms with Crippen LogP contribution in [0, 0.1) is 18.3 Å². The number of nitrogens with zero attached hydrogens (tertiary/aromatic N) is 4. The zero-order valence-corrected chi connectivity index (χ0v) is 10.4. The van der Waals surface area contributed by atoms with Crippen LogP contribution in [0.3, 0.4) is 0 Å². The number of nitriles is 1. The Morgan fingerprint density at radius 2 is 2.25 bits per heavy atom. The number of rotatable bonds is 5. The third-order valence-electron chi connectivity index (χ3n) is 2.62. The molecule has 0 saturated carbocycles. The summed E-state index contributed by atoms with van der Waals surface area (Å²) >= 11 is 0. The molecule has 0 bridgehead atoms. The Balaban J connectivity index is 2.76. The summed E-state index contributed by atoms with van der Waals surface area (Å²) in [6.45, 7) is 3.61. The molecule has 16 heavy (non-hydrogen) atoms. The monoisotopic (exact) mass is 221 g/mol. The lowest BCUT2D eigenvalue weighted by Gasteiger charge is -2.15. The van der Waals surface area contributed by atoms with Crippen LogP contribution in [-0.2, 0) is 13.6 Å². The van der Waals surface area contributed by atoms with Crippen LogP contribution in [0.15, 0.2) is 0 Å². The fraction of sp³-hybridized carbons (Fsp3) is 0.636. The highest BCUT2D eigenvalue weighted by Gasteiger charge is 2.13. The van der Waals surface area contributed by atoms with Gasteiger partial charge in [-0.15, -0.1) is 0 Å². The molecule has 0 aromatic carbocycles. The molecular weight excluding hydrogens is 202 g/mol. The third-order valence-corrected chi connectivity index (χ3v) is 2.62. The summed E-state index contributed by atoms with van der Waals surface area (Å²) < 4.78 is 1.85. The maximum atomic E-state index is 8.54. The van der Waals surface area contributed by atoms with Crippen molar-refractivity contribution in [2.75, 3.05) is 26.0 Å². The highest BCUT2D eigenvalue weighted by Crippen LogP contribution is 2.19. The van der Waals surface area contributed by atoms with Gasteiger partial charge in [-0.1, -0.05) is 0 Å². The Morgan fingerprint density at radius 3 is 2.81 bits per heavy atom. The first-order chi connectivity index (χ1) is 7.60. The molecule has 1 rings (SSSR count). The Bertz CT molecular complexity index is 388. The maximum Gasteiger partial charge on any atom is 0.128 e. The van der Waals surface area contributed by atoms with Crippen LogP contribution < -0.4 is 5.32 Å². The molecular formula is C11H19N5. The van der Waals surface area contributed by atoms with Crippen molar-refractivity contribution < 1.29 is 0 Å². The number of aryl methyl sites for hydroxylation is 2. The zero-order valence-electron chi connectivity index (χ0n) is 10.4. The van der Waals surface area contributed by atoms with Crippen molar-refractivity contribution in [2.45, 2.75) is 19.9 Å². The van der Waals surface area contributed by atoms with Gasteiger partial charge in [-0.25, -0.2) is 0 Å². The van der Waals surface area contributed by atoms with Crippen LogP contribution >= 0.6 is 0 Å². The van der Waals surface area contributed by atoms with Crippen molar-refractivity contribution in [3.8, 4) is 6.07 Å². The van der Waals surface area contributed by atoms with Gasteiger partial charge in [0.25, 0.3) is 0 Å². The minimum atomic E-state index is 0.560. The second-order valence-corrected chi connectivity index (χ2v) is 3.93. The van der Waals surface area contributed by atoms with Gasteiger partial charge >= 0.3 is 0 Å². The van der Waals surface area contributed by atoms with Gasteiger partial charge in [-0.3, -0.25) is 4.68 Å². The highest BCUT2D eigenvalue weighted by molar-refractivity contribution is 5.46. The smallest absolute Gasteiger partial charge is 0.128 e. The largest absolute Gasteiger partial charge is 0.373 e. The van der Waals surface area contributed by atoms with Gasteiger partial charge < -0.3 is 10.2 Å². The van der Waals surface area contributed by atoms with Gasteiger partial charge in [0, 0.05) is 39.2 Å². The number of nitrogens with one attached hydrogen (secondary N) is 1. The van der Waals surface area contributed by atoms with E-state index in [4.69, 9.17) is 5.26 Å². The van der Waals surface area contributed by atoms with E-state index in [9.17, 15) is 0 Å². The van der Waals surface area contributed by atoms with E-state index in [0.29, 0.717) is 6.42 Å². The average molecular weight is 221 g/mol. The molecule has 0 aliphatic carbocycles. The normalized spacial score (nSPS) is 10.5. The first-order valence-electron chi connectivity index (χ1n) is 5.35. The van der Waals surface area contributed by atoms with Gasteiger partial charge in [0.2, 0.25) is 0 Å². The maximum absolute atomic E-state index is 8.54. The van der Waals surface area contributed by atoms with Gasteiger partial charge in [-0.2, -0.15) is 10.4 Å². The lowest BCUT2D eigenvalue weighted by Crippen LogP contribution is -2.19. The fourth-order valence-electron chi connectivity index (χ4n) is 1.79. The van der Waals surface area contributed by atoms with Crippen LogP contribution in [0.5, 0.6) is 0 Å². The van der Waals surface area contributed by atoms with Crippen molar-refractivity contribution in [1.29, 1.82) is 5.26 Å². The van der Waals surface area contributed by atoms with Crippen LogP contribution in [0.25, 0.3) is 0 Å². The Kier molecular flexibility index (Phi) is 4.32. The molecule has 5 nitrogen and oxygen atoms in total. The van der Waals surface area contributed by atoms with Crippen LogP contribution in [-0.4, -0.2) is 35.3 Å². The molecule has 0 aliphatic heterocycles. The zero-order chi connectivity index (χ0) is 12.1. The van der Waals surface area contributed by atoms with Crippen molar-refractivity contribution in [3.63, 3.8) is 0 Å². The van der Waals surface area contributed by atoms with Gasteiger partial charge in [0.15, 0.2) is 0 Å². The lowest BCUT2D eigenvalue weighted by molar-refractivity contribution is 0.334. The predicted octanol–water partition coefficient (Wildman–Crippen LogP) is 1.12. The van der Waals surface area contributed by atoms with Crippen molar-refractivity contribution in [1.82, 2.24) is 14.7 Å². The number of anilines is 1. The number of hydrogen-bond donors (Lipinski definition) is 1.